The third kappa shape index (κ3) is 4.42. The Kier molecular flexibility index (Phi) is 6.18. The zero-order valence-corrected chi connectivity index (χ0v) is 14.5. The van der Waals surface area contributed by atoms with Crippen LogP contribution >= 0.6 is 0 Å². The van der Waals surface area contributed by atoms with Gasteiger partial charge < -0.3 is 0 Å². The molecule has 3 unspecified atom stereocenters. The monoisotopic (exact) mass is 321 g/mol. The van der Waals surface area contributed by atoms with Gasteiger partial charge in [-0.1, -0.05) is 76.3 Å². The van der Waals surface area contributed by atoms with Crippen molar-refractivity contribution in [2.45, 2.75) is 70.3 Å². The molecule has 1 aliphatic rings. The molecule has 4 heteroatoms. The van der Waals surface area contributed by atoms with Gasteiger partial charge in [0.25, 0.3) is 0 Å². The molecule has 0 aromatic heterocycles. The van der Waals surface area contributed by atoms with Crippen LogP contribution in [0.5, 0.6) is 0 Å². The van der Waals surface area contributed by atoms with Gasteiger partial charge in [0.05, 0.1) is 6.04 Å². The smallest absolute Gasteiger partial charge is 0.168 e. The minimum Gasteiger partial charge on any atom is -0.168 e. The van der Waals surface area contributed by atoms with E-state index in [2.05, 4.69) is 30.3 Å². The lowest BCUT2D eigenvalue weighted by Gasteiger charge is -2.18. The third-order valence-corrected chi connectivity index (χ3v) is 5.39. The molecule has 1 aliphatic carbocycles. The van der Waals surface area contributed by atoms with Crippen molar-refractivity contribution < 1.29 is 8.42 Å². The van der Waals surface area contributed by atoms with Crippen molar-refractivity contribution in [2.75, 3.05) is 0 Å². The van der Waals surface area contributed by atoms with Gasteiger partial charge in [-0.15, -0.1) is 0 Å². The van der Waals surface area contributed by atoms with Crippen LogP contribution in [0.1, 0.15) is 64.4 Å². The molecule has 3 atom stereocenters. The molecule has 0 spiro atoms. The Balaban J connectivity index is 1.98. The maximum Gasteiger partial charge on any atom is 0.311 e. The summed E-state index contributed by atoms with van der Waals surface area (Å²) in [6, 6.07) is 10.2. The largest absolute Gasteiger partial charge is 0.311 e. The quantitative estimate of drug-likeness (QED) is 0.658. The molecule has 122 valence electrons. The summed E-state index contributed by atoms with van der Waals surface area (Å²) in [5, 5.41) is 0. The maximum atomic E-state index is 10.9. The molecule has 0 radical (unpaired) electrons. The molecule has 1 saturated carbocycles. The van der Waals surface area contributed by atoms with E-state index < -0.39 is 10.5 Å². The van der Waals surface area contributed by atoms with E-state index >= 15 is 0 Å². The fourth-order valence-corrected chi connectivity index (χ4v) is 3.97. The summed E-state index contributed by atoms with van der Waals surface area (Å²) in [6.07, 6.45) is 8.14. The average Bonchev–Trinajstić information content (AvgIpc) is 3.19. The molecule has 3 nitrogen and oxygen atoms in total. The second-order valence-corrected chi connectivity index (χ2v) is 7.35. The zero-order valence-electron chi connectivity index (χ0n) is 13.7. The highest BCUT2D eigenvalue weighted by Crippen LogP contribution is 2.54. The van der Waals surface area contributed by atoms with Gasteiger partial charge in [0.1, 0.15) is 0 Å². The van der Waals surface area contributed by atoms with Crippen LogP contribution < -0.4 is 0 Å². The van der Waals surface area contributed by atoms with E-state index in [0.717, 1.165) is 25.2 Å². The molecule has 2 rings (SSSR count). The normalized spacial score (nSPS) is 24.7. The average molecular weight is 321 g/mol. The molecule has 0 N–H and O–H groups in total. The third-order valence-electron chi connectivity index (χ3n) is 4.97. The summed E-state index contributed by atoms with van der Waals surface area (Å²) in [5.41, 5.74) is 1.21. The van der Waals surface area contributed by atoms with E-state index in [1.54, 1.807) is 0 Å². The molecule has 0 amide bonds. The SMILES string of the molecule is CCCCC(C)CCCC1(c2ccccc2)CC1N=S(=O)=O. The first-order valence-electron chi connectivity index (χ1n) is 8.44. The van der Waals surface area contributed by atoms with Gasteiger partial charge in [0.15, 0.2) is 0 Å². The highest BCUT2D eigenvalue weighted by molar-refractivity contribution is 7.61. The van der Waals surface area contributed by atoms with Crippen LogP contribution in [-0.4, -0.2) is 14.5 Å². The van der Waals surface area contributed by atoms with Gasteiger partial charge in [0.2, 0.25) is 0 Å². The van der Waals surface area contributed by atoms with Crippen LogP contribution in [0.3, 0.4) is 0 Å². The first-order chi connectivity index (χ1) is 10.6. The lowest BCUT2D eigenvalue weighted by atomic mass is 9.87. The van der Waals surface area contributed by atoms with Gasteiger partial charge in [0, 0.05) is 5.41 Å². The number of unbranched alkanes of at least 4 members (excludes halogenated alkanes) is 1. The number of rotatable bonds is 9. The number of hydrogen-bond acceptors (Lipinski definition) is 3. The summed E-state index contributed by atoms with van der Waals surface area (Å²) in [4.78, 5) is 0. The lowest BCUT2D eigenvalue weighted by Crippen LogP contribution is -2.12. The predicted molar refractivity (Wildman–Crippen MR) is 90.4 cm³/mol. The van der Waals surface area contributed by atoms with Crippen molar-refractivity contribution in [3.05, 3.63) is 35.9 Å². The van der Waals surface area contributed by atoms with Crippen LogP contribution in [-0.2, 0) is 15.9 Å². The number of benzene rings is 1. The van der Waals surface area contributed by atoms with Gasteiger partial charge >= 0.3 is 10.5 Å². The zero-order chi connectivity index (χ0) is 16.0. The molecule has 0 heterocycles. The molecule has 22 heavy (non-hydrogen) atoms. The molecule has 1 fully saturated rings. The summed E-state index contributed by atoms with van der Waals surface area (Å²) >= 11 is 0. The number of hydrogen-bond donors (Lipinski definition) is 0. The lowest BCUT2D eigenvalue weighted by molar-refractivity contribution is 0.428. The van der Waals surface area contributed by atoms with Crippen molar-refractivity contribution in [1.29, 1.82) is 0 Å². The van der Waals surface area contributed by atoms with Crippen molar-refractivity contribution in [2.24, 2.45) is 10.3 Å². The van der Waals surface area contributed by atoms with Gasteiger partial charge in [-0.25, -0.2) is 0 Å². The summed E-state index contributed by atoms with van der Waals surface area (Å²) in [6.45, 7) is 4.56. The van der Waals surface area contributed by atoms with E-state index in [-0.39, 0.29) is 11.5 Å². The Morgan fingerprint density at radius 2 is 1.91 bits per heavy atom. The van der Waals surface area contributed by atoms with E-state index in [1.807, 2.05) is 18.2 Å². The second-order valence-electron chi connectivity index (χ2n) is 6.70. The van der Waals surface area contributed by atoms with E-state index in [4.69, 9.17) is 0 Å². The van der Waals surface area contributed by atoms with Crippen LogP contribution in [0.2, 0.25) is 0 Å². The highest BCUT2D eigenvalue weighted by atomic mass is 32.2. The van der Waals surface area contributed by atoms with Crippen LogP contribution in [0.15, 0.2) is 34.7 Å². The minimum absolute atomic E-state index is 0.0359. The fraction of sp³-hybridized carbons (Fsp3) is 0.667. The number of nitrogens with zero attached hydrogens (tertiary/aromatic N) is 1. The first kappa shape index (κ1) is 17.2. The van der Waals surface area contributed by atoms with E-state index in [1.165, 1.54) is 31.2 Å². The van der Waals surface area contributed by atoms with E-state index in [9.17, 15) is 8.42 Å². The van der Waals surface area contributed by atoms with Crippen molar-refractivity contribution in [3.8, 4) is 0 Å². The van der Waals surface area contributed by atoms with Crippen molar-refractivity contribution in [3.63, 3.8) is 0 Å². The Bertz CT molecular complexity index is 589. The fourth-order valence-electron chi connectivity index (χ4n) is 3.48. The predicted octanol–water partition coefficient (Wildman–Crippen LogP) is 4.76. The Morgan fingerprint density at radius 3 is 2.55 bits per heavy atom. The minimum atomic E-state index is -2.30. The van der Waals surface area contributed by atoms with Gasteiger partial charge in [-0.2, -0.15) is 12.8 Å². The highest BCUT2D eigenvalue weighted by Gasteiger charge is 2.55. The molecule has 1 aromatic rings. The maximum absolute atomic E-state index is 10.9. The summed E-state index contributed by atoms with van der Waals surface area (Å²) in [5.74, 6) is 0.760. The van der Waals surface area contributed by atoms with E-state index in [0.29, 0.717) is 0 Å². The first-order valence-corrected chi connectivity index (χ1v) is 9.47. The molecular weight excluding hydrogens is 294 g/mol. The summed E-state index contributed by atoms with van der Waals surface area (Å²) < 4.78 is 25.7. The Morgan fingerprint density at radius 1 is 1.23 bits per heavy atom. The van der Waals surface area contributed by atoms with Crippen LogP contribution in [0, 0.1) is 5.92 Å². The molecule has 0 bridgehead atoms. The van der Waals surface area contributed by atoms with Crippen molar-refractivity contribution >= 4 is 10.5 Å². The van der Waals surface area contributed by atoms with Gasteiger partial charge in [-0.3, -0.25) is 0 Å². The summed E-state index contributed by atoms with van der Waals surface area (Å²) in [7, 11) is -2.30. The van der Waals surface area contributed by atoms with Crippen molar-refractivity contribution in [1.82, 2.24) is 0 Å². The second kappa shape index (κ2) is 7.91. The van der Waals surface area contributed by atoms with Gasteiger partial charge in [-0.05, 0) is 24.3 Å². The van der Waals surface area contributed by atoms with Crippen LogP contribution in [0.4, 0.5) is 0 Å². The molecule has 1 aromatic carbocycles. The molecule has 0 saturated heterocycles. The standard InChI is InChI=1S/C18H27NO2S/c1-3-4-9-15(2)10-8-13-18(14-17(18)19-22(20)21)16-11-6-5-7-12-16/h5-7,11-12,15,17H,3-4,8-10,13-14H2,1-2H3. The molecular formula is C18H27NO2S. The van der Waals surface area contributed by atoms with Crippen LogP contribution in [0.25, 0.3) is 0 Å². The Labute approximate surface area is 135 Å². The topological polar surface area (TPSA) is 46.5 Å². The molecule has 0 aliphatic heterocycles. The Hall–Kier alpha value is -1.16.